The fourth-order valence-corrected chi connectivity index (χ4v) is 4.51. The standard InChI is InChI=1S/C28H35N5O2/c1-23(25-11-6-3-7-12-25)30-27(34)13-14-28(35)32-17-8-16-31(19-20-32)22-26-29-15-18-33(26)21-24-9-4-2-5-10-24/h2-7,9-12,15,18,23H,8,13-14,16-17,19-22H2,1H3,(H,30,34). The maximum atomic E-state index is 12.8. The molecule has 1 fully saturated rings. The average Bonchev–Trinajstić information content (AvgIpc) is 3.17. The zero-order chi connectivity index (χ0) is 24.5. The van der Waals surface area contributed by atoms with Gasteiger partial charge in [-0.05, 0) is 24.5 Å². The van der Waals surface area contributed by atoms with E-state index in [9.17, 15) is 9.59 Å². The summed E-state index contributed by atoms with van der Waals surface area (Å²) in [5, 5.41) is 2.99. The zero-order valence-corrected chi connectivity index (χ0v) is 20.5. The minimum absolute atomic E-state index is 0.0555. The fourth-order valence-electron chi connectivity index (χ4n) is 4.51. The molecule has 0 radical (unpaired) electrons. The van der Waals surface area contributed by atoms with Gasteiger partial charge in [0.05, 0.1) is 12.6 Å². The fraction of sp³-hybridized carbons (Fsp3) is 0.393. The van der Waals surface area contributed by atoms with Gasteiger partial charge in [0, 0.05) is 58.0 Å². The van der Waals surface area contributed by atoms with Crippen molar-refractivity contribution in [3.05, 3.63) is 90.0 Å². The molecule has 0 aliphatic carbocycles. The molecule has 0 spiro atoms. The molecule has 1 aromatic heterocycles. The van der Waals surface area contributed by atoms with Crippen LogP contribution in [-0.4, -0.2) is 57.3 Å². The van der Waals surface area contributed by atoms with Gasteiger partial charge in [-0.1, -0.05) is 60.7 Å². The van der Waals surface area contributed by atoms with Crippen LogP contribution in [0.2, 0.25) is 0 Å². The molecule has 1 N–H and O–H groups in total. The van der Waals surface area contributed by atoms with Crippen LogP contribution in [0.25, 0.3) is 0 Å². The van der Waals surface area contributed by atoms with E-state index in [2.05, 4.69) is 44.0 Å². The van der Waals surface area contributed by atoms with Crippen molar-refractivity contribution in [1.29, 1.82) is 0 Å². The van der Waals surface area contributed by atoms with Crippen molar-refractivity contribution in [2.75, 3.05) is 26.2 Å². The summed E-state index contributed by atoms with van der Waals surface area (Å²) in [6.45, 7) is 6.68. The number of imidazole rings is 1. The Hall–Kier alpha value is -3.45. The van der Waals surface area contributed by atoms with Crippen molar-refractivity contribution in [3.63, 3.8) is 0 Å². The largest absolute Gasteiger partial charge is 0.350 e. The summed E-state index contributed by atoms with van der Waals surface area (Å²) in [6.07, 6.45) is 5.26. The number of carbonyl (C=O) groups excluding carboxylic acids is 2. The van der Waals surface area contributed by atoms with Gasteiger partial charge in [0.25, 0.3) is 0 Å². The molecule has 0 bridgehead atoms. The maximum Gasteiger partial charge on any atom is 0.223 e. The number of benzene rings is 2. The third-order valence-corrected chi connectivity index (χ3v) is 6.55. The summed E-state index contributed by atoms with van der Waals surface area (Å²) in [5.74, 6) is 1.01. The van der Waals surface area contributed by atoms with Crippen LogP contribution >= 0.6 is 0 Å². The number of nitrogens with zero attached hydrogens (tertiary/aromatic N) is 4. The van der Waals surface area contributed by atoms with E-state index >= 15 is 0 Å². The quantitative estimate of drug-likeness (QED) is 0.515. The second-order valence-electron chi connectivity index (χ2n) is 9.17. The molecule has 7 nitrogen and oxygen atoms in total. The molecule has 1 atom stereocenters. The van der Waals surface area contributed by atoms with E-state index in [1.165, 1.54) is 5.56 Å². The SMILES string of the molecule is CC(NC(=O)CCC(=O)N1CCCN(Cc2nccn2Cc2ccccc2)CC1)c1ccccc1. The number of carbonyl (C=O) groups is 2. The van der Waals surface area contributed by atoms with E-state index in [1.54, 1.807) is 0 Å². The lowest BCUT2D eigenvalue weighted by Crippen LogP contribution is -2.36. The Kier molecular flexibility index (Phi) is 8.68. The van der Waals surface area contributed by atoms with Gasteiger partial charge in [0.2, 0.25) is 11.8 Å². The van der Waals surface area contributed by atoms with Crippen LogP contribution in [0.4, 0.5) is 0 Å². The average molecular weight is 474 g/mol. The Morgan fingerprint density at radius 2 is 1.66 bits per heavy atom. The Morgan fingerprint density at radius 1 is 0.914 bits per heavy atom. The molecule has 184 valence electrons. The molecule has 1 saturated heterocycles. The lowest BCUT2D eigenvalue weighted by Gasteiger charge is -2.22. The summed E-state index contributed by atoms with van der Waals surface area (Å²) < 4.78 is 2.19. The third-order valence-electron chi connectivity index (χ3n) is 6.55. The predicted molar refractivity (Wildman–Crippen MR) is 136 cm³/mol. The Labute approximate surface area is 207 Å². The number of hydrogen-bond donors (Lipinski definition) is 1. The first-order valence-corrected chi connectivity index (χ1v) is 12.5. The van der Waals surface area contributed by atoms with E-state index in [1.807, 2.05) is 60.6 Å². The van der Waals surface area contributed by atoms with Crippen LogP contribution in [0.1, 0.15) is 49.2 Å². The van der Waals surface area contributed by atoms with E-state index in [4.69, 9.17) is 0 Å². The van der Waals surface area contributed by atoms with Crippen LogP contribution in [0.15, 0.2) is 73.1 Å². The third kappa shape index (κ3) is 7.26. The molecular weight excluding hydrogens is 438 g/mol. The van der Waals surface area contributed by atoms with Gasteiger partial charge in [0.15, 0.2) is 0 Å². The van der Waals surface area contributed by atoms with Crippen LogP contribution in [0.5, 0.6) is 0 Å². The van der Waals surface area contributed by atoms with Gasteiger partial charge >= 0.3 is 0 Å². The lowest BCUT2D eigenvalue weighted by atomic mass is 10.1. The van der Waals surface area contributed by atoms with Crippen LogP contribution < -0.4 is 5.32 Å². The van der Waals surface area contributed by atoms with Gasteiger partial charge in [-0.2, -0.15) is 0 Å². The van der Waals surface area contributed by atoms with Crippen molar-refractivity contribution in [3.8, 4) is 0 Å². The second-order valence-corrected chi connectivity index (χ2v) is 9.17. The molecule has 35 heavy (non-hydrogen) atoms. The molecule has 3 aromatic rings. The molecule has 1 unspecified atom stereocenters. The Morgan fingerprint density at radius 3 is 2.43 bits per heavy atom. The first-order valence-electron chi connectivity index (χ1n) is 12.5. The second kappa shape index (κ2) is 12.3. The Bertz CT molecular complexity index is 1080. The topological polar surface area (TPSA) is 70.5 Å². The van der Waals surface area contributed by atoms with Crippen LogP contribution in [-0.2, 0) is 22.7 Å². The first-order chi connectivity index (χ1) is 17.1. The summed E-state index contributed by atoms with van der Waals surface area (Å²) in [5.41, 5.74) is 2.31. The molecule has 1 aliphatic heterocycles. The van der Waals surface area contributed by atoms with Crippen molar-refractivity contribution < 1.29 is 9.59 Å². The summed E-state index contributed by atoms with van der Waals surface area (Å²) in [4.78, 5) is 34.0. The number of aromatic nitrogens is 2. The normalized spacial score (nSPS) is 15.4. The predicted octanol–water partition coefficient (Wildman–Crippen LogP) is 3.62. The molecule has 1 aliphatic rings. The van der Waals surface area contributed by atoms with E-state index in [-0.39, 0.29) is 30.7 Å². The van der Waals surface area contributed by atoms with Crippen LogP contribution in [0.3, 0.4) is 0 Å². The maximum absolute atomic E-state index is 12.8. The molecule has 2 aromatic carbocycles. The highest BCUT2D eigenvalue weighted by Gasteiger charge is 2.21. The minimum atomic E-state index is -0.0867. The molecule has 0 saturated carbocycles. The summed E-state index contributed by atoms with van der Waals surface area (Å²) >= 11 is 0. The highest BCUT2D eigenvalue weighted by Crippen LogP contribution is 2.13. The zero-order valence-electron chi connectivity index (χ0n) is 20.5. The van der Waals surface area contributed by atoms with E-state index in [0.717, 1.165) is 50.5 Å². The molecular formula is C28H35N5O2. The molecule has 2 heterocycles. The summed E-state index contributed by atoms with van der Waals surface area (Å²) in [6, 6.07) is 20.2. The monoisotopic (exact) mass is 473 g/mol. The highest BCUT2D eigenvalue weighted by molar-refractivity contribution is 5.84. The van der Waals surface area contributed by atoms with Crippen molar-refractivity contribution >= 4 is 11.8 Å². The minimum Gasteiger partial charge on any atom is -0.350 e. The van der Waals surface area contributed by atoms with Gasteiger partial charge in [0.1, 0.15) is 5.82 Å². The number of amides is 2. The molecule has 4 rings (SSSR count). The summed E-state index contributed by atoms with van der Waals surface area (Å²) in [7, 11) is 0. The first kappa shape index (κ1) is 24.7. The smallest absolute Gasteiger partial charge is 0.223 e. The molecule has 7 heteroatoms. The molecule has 2 amide bonds. The van der Waals surface area contributed by atoms with Crippen molar-refractivity contribution in [2.24, 2.45) is 0 Å². The lowest BCUT2D eigenvalue weighted by molar-refractivity contribution is -0.133. The van der Waals surface area contributed by atoms with Gasteiger partial charge in [-0.15, -0.1) is 0 Å². The number of nitrogens with one attached hydrogen (secondary N) is 1. The van der Waals surface area contributed by atoms with Gasteiger partial charge in [-0.3, -0.25) is 14.5 Å². The van der Waals surface area contributed by atoms with Gasteiger partial charge < -0.3 is 14.8 Å². The van der Waals surface area contributed by atoms with Crippen molar-refractivity contribution in [2.45, 2.75) is 45.3 Å². The number of hydrogen-bond acceptors (Lipinski definition) is 4. The van der Waals surface area contributed by atoms with Crippen molar-refractivity contribution in [1.82, 2.24) is 24.7 Å². The Balaban J connectivity index is 1.22. The van der Waals surface area contributed by atoms with Crippen LogP contribution in [0, 0.1) is 0 Å². The van der Waals surface area contributed by atoms with E-state index in [0.29, 0.717) is 6.54 Å². The number of rotatable bonds is 9. The highest BCUT2D eigenvalue weighted by atomic mass is 16.2. The van der Waals surface area contributed by atoms with E-state index < -0.39 is 0 Å². The van der Waals surface area contributed by atoms with Gasteiger partial charge in [-0.25, -0.2) is 4.98 Å².